The number of aromatic nitrogens is 5. The smallest absolute Gasteiger partial charge is 0.257 e. The molecule has 1 aliphatic rings. The zero-order valence-electron chi connectivity index (χ0n) is 14.1. The first kappa shape index (κ1) is 15.8. The molecule has 1 saturated heterocycles. The van der Waals surface area contributed by atoms with E-state index in [9.17, 15) is 0 Å². The van der Waals surface area contributed by atoms with Gasteiger partial charge in [0.1, 0.15) is 18.4 Å². The lowest BCUT2D eigenvalue weighted by Gasteiger charge is -2.30. The van der Waals surface area contributed by atoms with E-state index in [-0.39, 0.29) is 0 Å². The summed E-state index contributed by atoms with van der Waals surface area (Å²) in [5.41, 5.74) is 0.893. The van der Waals surface area contributed by atoms with E-state index in [1.54, 1.807) is 19.8 Å². The molecule has 1 aromatic carbocycles. The lowest BCUT2D eigenvalue weighted by atomic mass is 10.1. The first-order valence-electron chi connectivity index (χ1n) is 8.35. The summed E-state index contributed by atoms with van der Waals surface area (Å²) >= 11 is 0. The Balaban J connectivity index is 1.35. The highest BCUT2D eigenvalue weighted by Gasteiger charge is 2.22. The first-order chi connectivity index (χ1) is 12.3. The van der Waals surface area contributed by atoms with Crippen LogP contribution in [-0.4, -0.2) is 50.0 Å². The van der Waals surface area contributed by atoms with Crippen molar-refractivity contribution in [3.05, 3.63) is 42.7 Å². The fraction of sp³-hybridized carbons (Fsp3) is 0.412. The van der Waals surface area contributed by atoms with Crippen LogP contribution in [0.3, 0.4) is 0 Å². The van der Waals surface area contributed by atoms with Crippen LogP contribution in [0.1, 0.15) is 24.7 Å². The van der Waals surface area contributed by atoms with Gasteiger partial charge in [-0.05, 0) is 37.1 Å². The van der Waals surface area contributed by atoms with E-state index >= 15 is 0 Å². The van der Waals surface area contributed by atoms with Crippen molar-refractivity contribution in [2.45, 2.75) is 25.4 Å². The van der Waals surface area contributed by atoms with E-state index in [2.05, 4.69) is 25.1 Å². The number of piperidine rings is 1. The maximum Gasteiger partial charge on any atom is 0.257 e. The highest BCUT2D eigenvalue weighted by atomic mass is 16.5. The Morgan fingerprint density at radius 1 is 1.20 bits per heavy atom. The summed E-state index contributed by atoms with van der Waals surface area (Å²) in [6.07, 6.45) is 5.48. The molecule has 3 aromatic rings. The van der Waals surface area contributed by atoms with E-state index < -0.39 is 0 Å². The quantitative estimate of drug-likeness (QED) is 0.704. The van der Waals surface area contributed by atoms with Crippen LogP contribution in [0.25, 0.3) is 11.5 Å². The molecular formula is C17H20N6O2. The molecule has 0 amide bonds. The second-order valence-corrected chi connectivity index (χ2v) is 6.13. The summed E-state index contributed by atoms with van der Waals surface area (Å²) in [6.45, 7) is 2.66. The number of likely N-dealkylation sites (tertiary alicyclic amines) is 1. The largest absolute Gasteiger partial charge is 0.497 e. The van der Waals surface area contributed by atoms with Gasteiger partial charge in [0.25, 0.3) is 5.89 Å². The zero-order valence-corrected chi connectivity index (χ0v) is 14.1. The standard InChI is InChI=1S/C17H20N6O2/c1-24-15-4-2-13(3-5-15)17-20-16(21-25-17)10-22-8-6-14(7-9-22)23-12-18-11-19-23/h2-5,11-12,14H,6-10H2,1H3. The molecule has 25 heavy (non-hydrogen) atoms. The summed E-state index contributed by atoms with van der Waals surface area (Å²) < 4.78 is 12.5. The van der Waals surface area contributed by atoms with Gasteiger partial charge in [0.15, 0.2) is 5.82 Å². The van der Waals surface area contributed by atoms with E-state index in [4.69, 9.17) is 9.26 Å². The molecule has 1 fully saturated rings. The summed E-state index contributed by atoms with van der Waals surface area (Å²) in [5.74, 6) is 2.05. The SMILES string of the molecule is COc1ccc(-c2nc(CN3CCC(n4cncn4)CC3)no2)cc1. The molecule has 0 atom stereocenters. The predicted octanol–water partition coefficient (Wildman–Crippen LogP) is 2.17. The minimum atomic E-state index is 0.430. The lowest BCUT2D eigenvalue weighted by Crippen LogP contribution is -2.34. The normalized spacial score (nSPS) is 16.2. The van der Waals surface area contributed by atoms with E-state index in [0.717, 1.165) is 37.2 Å². The Morgan fingerprint density at radius 3 is 2.68 bits per heavy atom. The van der Waals surface area contributed by atoms with Crippen LogP contribution >= 0.6 is 0 Å². The number of methoxy groups -OCH3 is 1. The van der Waals surface area contributed by atoms with Gasteiger partial charge in [-0.25, -0.2) is 9.67 Å². The molecule has 4 rings (SSSR count). The molecule has 1 aliphatic heterocycles. The fourth-order valence-corrected chi connectivity index (χ4v) is 3.12. The molecule has 130 valence electrons. The Kier molecular flexibility index (Phi) is 4.43. The zero-order chi connectivity index (χ0) is 17.1. The van der Waals surface area contributed by atoms with Gasteiger partial charge in [-0.3, -0.25) is 4.90 Å². The molecule has 0 spiro atoms. The maximum absolute atomic E-state index is 5.39. The van der Waals surface area contributed by atoms with Crippen LogP contribution in [0.4, 0.5) is 0 Å². The number of benzene rings is 1. The molecule has 3 heterocycles. The number of rotatable bonds is 5. The van der Waals surface area contributed by atoms with Gasteiger partial charge in [0.05, 0.1) is 19.7 Å². The summed E-state index contributed by atoms with van der Waals surface area (Å²) in [7, 11) is 1.64. The number of ether oxygens (including phenoxy) is 1. The average molecular weight is 340 g/mol. The third-order valence-corrected chi connectivity index (χ3v) is 4.54. The van der Waals surface area contributed by atoms with Crippen LogP contribution < -0.4 is 4.74 Å². The summed E-state index contributed by atoms with van der Waals surface area (Å²) in [5, 5.41) is 8.35. The minimum absolute atomic E-state index is 0.430. The molecule has 2 aromatic heterocycles. The Hall–Kier alpha value is -2.74. The van der Waals surface area contributed by atoms with Crippen molar-refractivity contribution in [3.63, 3.8) is 0 Å². The second-order valence-electron chi connectivity index (χ2n) is 6.13. The third-order valence-electron chi connectivity index (χ3n) is 4.54. The van der Waals surface area contributed by atoms with E-state index in [0.29, 0.717) is 24.3 Å². The monoisotopic (exact) mass is 340 g/mol. The summed E-state index contributed by atoms with van der Waals surface area (Å²) in [4.78, 5) is 10.9. The molecule has 0 radical (unpaired) electrons. The highest BCUT2D eigenvalue weighted by Crippen LogP contribution is 2.23. The predicted molar refractivity (Wildman–Crippen MR) is 89.9 cm³/mol. The maximum atomic E-state index is 5.39. The number of hydrogen-bond acceptors (Lipinski definition) is 7. The molecule has 0 bridgehead atoms. The first-order valence-corrected chi connectivity index (χ1v) is 8.35. The summed E-state index contributed by atoms with van der Waals surface area (Å²) in [6, 6.07) is 8.03. The van der Waals surface area contributed by atoms with Crippen LogP contribution in [-0.2, 0) is 6.54 Å². The average Bonchev–Trinajstić information content (AvgIpc) is 3.35. The third kappa shape index (κ3) is 3.53. The molecule has 8 heteroatoms. The van der Waals surface area contributed by atoms with Gasteiger partial charge < -0.3 is 9.26 Å². The van der Waals surface area contributed by atoms with E-state index in [1.165, 1.54) is 0 Å². The lowest BCUT2D eigenvalue weighted by molar-refractivity contribution is 0.168. The van der Waals surface area contributed by atoms with Crippen LogP contribution in [0, 0.1) is 0 Å². The van der Waals surface area contributed by atoms with Crippen molar-refractivity contribution < 1.29 is 9.26 Å². The van der Waals surface area contributed by atoms with Crippen molar-refractivity contribution in [2.24, 2.45) is 0 Å². The van der Waals surface area contributed by atoms with Crippen molar-refractivity contribution in [3.8, 4) is 17.2 Å². The highest BCUT2D eigenvalue weighted by molar-refractivity contribution is 5.54. The van der Waals surface area contributed by atoms with Gasteiger partial charge >= 0.3 is 0 Å². The molecule has 0 unspecified atom stereocenters. The number of nitrogens with zero attached hydrogens (tertiary/aromatic N) is 6. The van der Waals surface area contributed by atoms with Gasteiger partial charge in [-0.2, -0.15) is 10.1 Å². The molecular weight excluding hydrogens is 320 g/mol. The Labute approximate surface area is 145 Å². The van der Waals surface area contributed by atoms with Gasteiger partial charge in [0.2, 0.25) is 0 Å². The van der Waals surface area contributed by atoms with Crippen LogP contribution in [0.5, 0.6) is 5.75 Å². The van der Waals surface area contributed by atoms with Crippen molar-refractivity contribution in [2.75, 3.05) is 20.2 Å². The second kappa shape index (κ2) is 7.02. The van der Waals surface area contributed by atoms with Gasteiger partial charge in [-0.15, -0.1) is 0 Å². The fourth-order valence-electron chi connectivity index (χ4n) is 3.12. The Morgan fingerprint density at radius 2 is 2.00 bits per heavy atom. The Bertz CT molecular complexity index is 791. The molecule has 0 N–H and O–H groups in total. The number of hydrogen-bond donors (Lipinski definition) is 0. The molecule has 0 saturated carbocycles. The molecule has 8 nitrogen and oxygen atoms in total. The minimum Gasteiger partial charge on any atom is -0.497 e. The van der Waals surface area contributed by atoms with Crippen LogP contribution in [0.15, 0.2) is 41.4 Å². The van der Waals surface area contributed by atoms with Gasteiger partial charge in [0, 0.05) is 18.7 Å². The van der Waals surface area contributed by atoms with Crippen molar-refractivity contribution in [1.82, 2.24) is 29.8 Å². The van der Waals surface area contributed by atoms with Crippen LogP contribution in [0.2, 0.25) is 0 Å². The topological polar surface area (TPSA) is 82.1 Å². The van der Waals surface area contributed by atoms with E-state index in [1.807, 2.05) is 28.9 Å². The molecule has 0 aliphatic carbocycles. The van der Waals surface area contributed by atoms with Gasteiger partial charge in [-0.1, -0.05) is 5.16 Å². The van der Waals surface area contributed by atoms with Crippen molar-refractivity contribution in [1.29, 1.82) is 0 Å². The van der Waals surface area contributed by atoms with Crippen molar-refractivity contribution >= 4 is 0 Å².